The van der Waals surface area contributed by atoms with Crippen molar-refractivity contribution in [3.63, 3.8) is 0 Å². The van der Waals surface area contributed by atoms with Gasteiger partial charge in [-0.25, -0.2) is 21.9 Å². The molecule has 0 atom stereocenters. The number of esters is 1. The highest BCUT2D eigenvalue weighted by Crippen LogP contribution is 2.13. The molecule has 0 unspecified atom stereocenters. The van der Waals surface area contributed by atoms with E-state index >= 15 is 0 Å². The van der Waals surface area contributed by atoms with Crippen LogP contribution in [0.25, 0.3) is 0 Å². The summed E-state index contributed by atoms with van der Waals surface area (Å²) in [6.07, 6.45) is -0.223. The second-order valence-electron chi connectivity index (χ2n) is 7.93. The normalized spacial score (nSPS) is 12.1. The molecule has 1 rings (SSSR count). The van der Waals surface area contributed by atoms with Crippen LogP contribution in [0.1, 0.15) is 27.2 Å². The maximum atomic E-state index is 13.3. The van der Waals surface area contributed by atoms with Crippen LogP contribution in [0.2, 0.25) is 0 Å². The van der Waals surface area contributed by atoms with Gasteiger partial charge in [0, 0.05) is 26.1 Å². The predicted molar refractivity (Wildman–Crippen MR) is 107 cm³/mol. The molecule has 0 aliphatic rings. The first-order valence-corrected chi connectivity index (χ1v) is 10.8. The molecule has 170 valence electrons. The summed E-state index contributed by atoms with van der Waals surface area (Å²) in [6, 6.07) is 2.19. The van der Waals surface area contributed by atoms with Gasteiger partial charge in [-0.15, -0.1) is 0 Å². The first-order chi connectivity index (χ1) is 13.7. The van der Waals surface area contributed by atoms with E-state index in [-0.39, 0.29) is 26.1 Å². The maximum absolute atomic E-state index is 13.3. The van der Waals surface area contributed by atoms with Gasteiger partial charge < -0.3 is 14.5 Å². The van der Waals surface area contributed by atoms with Crippen molar-refractivity contribution in [1.82, 2.24) is 14.5 Å². The van der Waals surface area contributed by atoms with Gasteiger partial charge in [0.2, 0.25) is 15.9 Å². The van der Waals surface area contributed by atoms with Crippen LogP contribution in [0.3, 0.4) is 0 Å². The van der Waals surface area contributed by atoms with Gasteiger partial charge in [-0.1, -0.05) is 0 Å². The van der Waals surface area contributed by atoms with Crippen LogP contribution in [0.5, 0.6) is 0 Å². The molecule has 11 heteroatoms. The van der Waals surface area contributed by atoms with Crippen LogP contribution in [0, 0.1) is 11.6 Å². The van der Waals surface area contributed by atoms with Crippen LogP contribution < -0.4 is 4.72 Å². The fourth-order valence-electron chi connectivity index (χ4n) is 2.32. The summed E-state index contributed by atoms with van der Waals surface area (Å²) < 4.78 is 58.1. The van der Waals surface area contributed by atoms with Crippen LogP contribution in [-0.2, 0) is 24.3 Å². The number of hydrogen-bond donors (Lipinski definition) is 1. The van der Waals surface area contributed by atoms with E-state index in [9.17, 15) is 26.8 Å². The number of carbonyl (C=O) groups excluding carboxylic acids is 2. The van der Waals surface area contributed by atoms with Crippen molar-refractivity contribution in [2.45, 2.75) is 37.7 Å². The topological polar surface area (TPSA) is 96.0 Å². The largest absolute Gasteiger partial charge is 0.459 e. The molecule has 0 saturated heterocycles. The highest BCUT2D eigenvalue weighted by Gasteiger charge is 2.23. The molecular weight excluding hydrogens is 420 g/mol. The summed E-state index contributed by atoms with van der Waals surface area (Å²) in [6.45, 7) is 5.35. The highest BCUT2D eigenvalue weighted by atomic mass is 32.2. The molecule has 8 nitrogen and oxygen atoms in total. The Kier molecular flexibility index (Phi) is 9.32. The number of ether oxygens (including phenoxy) is 1. The highest BCUT2D eigenvalue weighted by molar-refractivity contribution is 7.89. The number of sulfonamides is 1. The molecule has 0 aliphatic heterocycles. The Morgan fingerprint density at radius 2 is 1.73 bits per heavy atom. The fourth-order valence-corrected chi connectivity index (χ4v) is 3.36. The minimum Gasteiger partial charge on any atom is -0.459 e. The molecule has 0 spiro atoms. The number of likely N-dealkylation sites (N-methyl/N-ethyl adjacent to an activating group) is 1. The average molecular weight is 450 g/mol. The van der Waals surface area contributed by atoms with Crippen molar-refractivity contribution in [2.24, 2.45) is 0 Å². The van der Waals surface area contributed by atoms with Crippen LogP contribution >= 0.6 is 0 Å². The summed E-state index contributed by atoms with van der Waals surface area (Å²) in [5.41, 5.74) is -0.701. The van der Waals surface area contributed by atoms with Gasteiger partial charge in [-0.2, -0.15) is 0 Å². The van der Waals surface area contributed by atoms with E-state index < -0.39 is 44.0 Å². The van der Waals surface area contributed by atoms with E-state index in [0.29, 0.717) is 18.7 Å². The van der Waals surface area contributed by atoms with E-state index in [0.717, 1.165) is 6.07 Å². The van der Waals surface area contributed by atoms with Gasteiger partial charge in [-0.05, 0) is 53.1 Å². The number of carbonyl (C=O) groups is 2. The molecule has 0 radical (unpaired) electrons. The third-order valence-corrected chi connectivity index (χ3v) is 5.20. The third-order valence-electron chi connectivity index (χ3n) is 3.74. The summed E-state index contributed by atoms with van der Waals surface area (Å²) in [5.74, 6) is -3.48. The lowest BCUT2D eigenvalue weighted by molar-refractivity contribution is -0.159. The summed E-state index contributed by atoms with van der Waals surface area (Å²) in [4.78, 5) is 27.3. The summed E-state index contributed by atoms with van der Waals surface area (Å²) >= 11 is 0. The van der Waals surface area contributed by atoms with Crippen molar-refractivity contribution in [1.29, 1.82) is 0 Å². The molecule has 0 aliphatic carbocycles. The molecule has 30 heavy (non-hydrogen) atoms. The van der Waals surface area contributed by atoms with Gasteiger partial charge >= 0.3 is 5.97 Å². The maximum Gasteiger partial charge on any atom is 0.326 e. The molecule has 1 aromatic rings. The lowest BCUT2D eigenvalue weighted by Crippen LogP contribution is -2.43. The Labute approximate surface area is 176 Å². The molecule has 1 aromatic carbocycles. The number of hydrogen-bond acceptors (Lipinski definition) is 6. The van der Waals surface area contributed by atoms with Crippen LogP contribution in [0.4, 0.5) is 8.78 Å². The lowest BCUT2D eigenvalue weighted by atomic mass is 10.2. The van der Waals surface area contributed by atoms with Gasteiger partial charge in [0.15, 0.2) is 11.6 Å². The molecule has 0 heterocycles. The number of nitrogens with one attached hydrogen (secondary N) is 1. The quantitative estimate of drug-likeness (QED) is 0.542. The minimum atomic E-state index is -4.12. The number of halogens is 2. The number of amides is 1. The monoisotopic (exact) mass is 449 g/mol. The Bertz CT molecular complexity index is 854. The van der Waals surface area contributed by atoms with Crippen molar-refractivity contribution in [2.75, 3.05) is 40.3 Å². The van der Waals surface area contributed by atoms with Crippen LogP contribution in [-0.4, -0.2) is 76.0 Å². The van der Waals surface area contributed by atoms with Crippen molar-refractivity contribution in [3.05, 3.63) is 29.8 Å². The molecule has 0 aromatic heterocycles. The second-order valence-corrected chi connectivity index (χ2v) is 9.70. The van der Waals surface area contributed by atoms with Gasteiger partial charge in [0.05, 0.1) is 4.90 Å². The van der Waals surface area contributed by atoms with Crippen molar-refractivity contribution >= 4 is 21.9 Å². The lowest BCUT2D eigenvalue weighted by Gasteiger charge is -2.26. The second kappa shape index (κ2) is 10.8. The smallest absolute Gasteiger partial charge is 0.326 e. The van der Waals surface area contributed by atoms with E-state index in [1.165, 1.54) is 4.90 Å². The van der Waals surface area contributed by atoms with E-state index in [4.69, 9.17) is 4.74 Å². The summed E-state index contributed by atoms with van der Waals surface area (Å²) in [5, 5.41) is 0. The van der Waals surface area contributed by atoms with Crippen molar-refractivity contribution < 1.29 is 31.5 Å². The standard InChI is InChI=1S/C19H29F2N3O5S/c1-19(2,3)29-18(26)13-24(11-10-23(4)5)17(25)8-9-22-30(27,28)14-6-7-15(20)16(21)12-14/h6-7,12,22H,8-11,13H2,1-5H3. The first kappa shape index (κ1) is 25.9. The number of nitrogens with zero attached hydrogens (tertiary/aromatic N) is 2. The number of benzene rings is 1. The number of rotatable bonds is 10. The van der Waals surface area contributed by atoms with Gasteiger partial charge in [0.25, 0.3) is 0 Å². The zero-order chi connectivity index (χ0) is 23.1. The molecular formula is C19H29F2N3O5S. The molecule has 0 fully saturated rings. The minimum absolute atomic E-state index is 0.223. The molecule has 1 N–H and O–H groups in total. The average Bonchev–Trinajstić information content (AvgIpc) is 2.58. The Balaban J connectivity index is 2.73. The predicted octanol–water partition coefficient (Wildman–Crippen LogP) is 1.37. The van der Waals surface area contributed by atoms with Gasteiger partial charge in [0.1, 0.15) is 12.1 Å². The van der Waals surface area contributed by atoms with Gasteiger partial charge in [-0.3, -0.25) is 9.59 Å². The zero-order valence-corrected chi connectivity index (χ0v) is 18.7. The Hall–Kier alpha value is -2.11. The Morgan fingerprint density at radius 3 is 2.27 bits per heavy atom. The zero-order valence-electron chi connectivity index (χ0n) is 17.9. The first-order valence-electron chi connectivity index (χ1n) is 9.30. The van der Waals surface area contributed by atoms with Crippen LogP contribution in [0.15, 0.2) is 23.1 Å². The van der Waals surface area contributed by atoms with Crippen molar-refractivity contribution in [3.8, 4) is 0 Å². The molecule has 0 bridgehead atoms. The van der Waals surface area contributed by atoms with E-state index in [1.807, 2.05) is 19.0 Å². The van der Waals surface area contributed by atoms with E-state index in [1.54, 1.807) is 20.8 Å². The SMILES string of the molecule is CN(C)CCN(CC(=O)OC(C)(C)C)C(=O)CCNS(=O)(=O)c1ccc(F)c(F)c1. The third kappa shape index (κ3) is 9.14. The molecule has 0 saturated carbocycles. The summed E-state index contributed by atoms with van der Waals surface area (Å²) in [7, 11) is -0.498. The Morgan fingerprint density at radius 1 is 1.10 bits per heavy atom. The van der Waals surface area contributed by atoms with E-state index in [2.05, 4.69) is 4.72 Å². The fraction of sp³-hybridized carbons (Fsp3) is 0.579. The molecule has 1 amide bonds.